The topological polar surface area (TPSA) is 91.2 Å². The zero-order chi connectivity index (χ0) is 17.8. The maximum Gasteiger partial charge on any atom is 0.338 e. The van der Waals surface area contributed by atoms with Crippen LogP contribution >= 0.6 is 0 Å². The maximum atomic E-state index is 12.6. The summed E-state index contributed by atoms with van der Waals surface area (Å²) in [5.74, 6) is 0.787. The van der Waals surface area contributed by atoms with Crippen LogP contribution in [-0.4, -0.2) is 39.4 Å². The van der Waals surface area contributed by atoms with Crippen molar-refractivity contribution in [3.63, 3.8) is 0 Å². The van der Waals surface area contributed by atoms with Crippen LogP contribution in [0.15, 0.2) is 48.2 Å². The van der Waals surface area contributed by atoms with Crippen LogP contribution in [0.25, 0.3) is 0 Å². The summed E-state index contributed by atoms with van der Waals surface area (Å²) in [4.78, 5) is 12.6. The third-order valence-electron chi connectivity index (χ3n) is 3.77. The Balaban J connectivity index is 2.02. The minimum Gasteiger partial charge on any atom is -0.494 e. The second-order valence-electron chi connectivity index (χ2n) is 5.40. The van der Waals surface area contributed by atoms with E-state index >= 15 is 0 Å². The number of fused-ring (bicyclic) bond motifs is 1. The largest absolute Gasteiger partial charge is 0.494 e. The molecule has 0 amide bonds. The van der Waals surface area contributed by atoms with Crippen LogP contribution in [0.2, 0.25) is 0 Å². The first-order chi connectivity index (χ1) is 12.2. The van der Waals surface area contributed by atoms with Gasteiger partial charge in [-0.2, -0.15) is 4.68 Å². The molecule has 8 nitrogen and oxygen atoms in total. The highest BCUT2D eigenvalue weighted by atomic mass is 16.5. The Morgan fingerprint density at radius 2 is 2.16 bits per heavy atom. The van der Waals surface area contributed by atoms with E-state index in [9.17, 15) is 4.79 Å². The van der Waals surface area contributed by atoms with Gasteiger partial charge in [-0.05, 0) is 42.0 Å². The lowest BCUT2D eigenvalue weighted by Crippen LogP contribution is -2.29. The van der Waals surface area contributed by atoms with Crippen molar-refractivity contribution in [1.82, 2.24) is 20.2 Å². The van der Waals surface area contributed by atoms with Crippen LogP contribution in [0.5, 0.6) is 5.75 Å². The number of nitrogens with zero attached hydrogens (tertiary/aromatic N) is 4. The molecule has 0 radical (unpaired) electrons. The molecule has 0 aliphatic carbocycles. The van der Waals surface area contributed by atoms with Gasteiger partial charge in [-0.25, -0.2) is 4.79 Å². The Morgan fingerprint density at radius 1 is 1.40 bits per heavy atom. The predicted molar refractivity (Wildman–Crippen MR) is 91.0 cm³/mol. The summed E-state index contributed by atoms with van der Waals surface area (Å²) < 4.78 is 12.3. The number of nitrogens with one attached hydrogen (secondary N) is 1. The van der Waals surface area contributed by atoms with E-state index in [1.165, 1.54) is 6.08 Å². The van der Waals surface area contributed by atoms with Gasteiger partial charge in [0.25, 0.3) is 0 Å². The molecule has 130 valence electrons. The molecule has 2 heterocycles. The van der Waals surface area contributed by atoms with Crippen molar-refractivity contribution in [2.24, 2.45) is 0 Å². The van der Waals surface area contributed by atoms with Gasteiger partial charge < -0.3 is 14.8 Å². The average Bonchev–Trinajstić information content (AvgIpc) is 3.07. The van der Waals surface area contributed by atoms with Gasteiger partial charge in [0.05, 0.1) is 12.2 Å². The first-order valence-corrected chi connectivity index (χ1v) is 7.92. The highest BCUT2D eigenvalue weighted by Gasteiger charge is 2.34. The number of benzene rings is 1. The summed E-state index contributed by atoms with van der Waals surface area (Å²) >= 11 is 0. The lowest BCUT2D eigenvalue weighted by molar-refractivity contribution is -0.138. The molecule has 1 unspecified atom stereocenters. The Bertz CT molecular complexity index is 810. The van der Waals surface area contributed by atoms with E-state index in [0.717, 1.165) is 11.3 Å². The maximum absolute atomic E-state index is 12.6. The van der Waals surface area contributed by atoms with Gasteiger partial charge in [0.15, 0.2) is 0 Å². The van der Waals surface area contributed by atoms with E-state index in [1.807, 2.05) is 31.2 Å². The number of allylic oxidation sites excluding steroid dienone is 1. The predicted octanol–water partition coefficient (Wildman–Crippen LogP) is 2.09. The summed E-state index contributed by atoms with van der Waals surface area (Å²) in [5.41, 5.74) is 1.95. The van der Waals surface area contributed by atoms with Crippen molar-refractivity contribution in [3.05, 3.63) is 53.8 Å². The van der Waals surface area contributed by atoms with Crippen LogP contribution in [-0.2, 0) is 9.53 Å². The van der Waals surface area contributed by atoms with E-state index in [2.05, 4.69) is 27.4 Å². The molecular weight excluding hydrogens is 322 g/mol. The summed E-state index contributed by atoms with van der Waals surface area (Å²) in [7, 11) is 0. The molecule has 1 aliphatic heterocycles. The number of ether oxygens (including phenoxy) is 2. The van der Waals surface area contributed by atoms with Gasteiger partial charge in [-0.3, -0.25) is 0 Å². The van der Waals surface area contributed by atoms with Crippen molar-refractivity contribution in [2.75, 3.05) is 18.5 Å². The zero-order valence-corrected chi connectivity index (χ0v) is 14.1. The highest BCUT2D eigenvalue weighted by molar-refractivity contribution is 5.92. The molecule has 1 atom stereocenters. The molecule has 2 aromatic rings. The number of anilines is 1. The smallest absolute Gasteiger partial charge is 0.338 e. The number of esters is 1. The molecular formula is C17H19N5O3. The van der Waals surface area contributed by atoms with Crippen LogP contribution in [0.1, 0.15) is 25.5 Å². The number of carbonyl (C=O) groups excluding carboxylic acids is 1. The first-order valence-electron chi connectivity index (χ1n) is 7.92. The van der Waals surface area contributed by atoms with E-state index in [0.29, 0.717) is 23.8 Å². The number of rotatable bonds is 6. The number of carbonyl (C=O) groups is 1. The molecule has 1 N–H and O–H groups in total. The van der Waals surface area contributed by atoms with Gasteiger partial charge in [0.2, 0.25) is 5.95 Å². The van der Waals surface area contributed by atoms with Crippen molar-refractivity contribution in [2.45, 2.75) is 19.9 Å². The van der Waals surface area contributed by atoms with Gasteiger partial charge >= 0.3 is 5.97 Å². The summed E-state index contributed by atoms with van der Waals surface area (Å²) in [6.45, 7) is 8.01. The minimum absolute atomic E-state index is 0.133. The monoisotopic (exact) mass is 341 g/mol. The fourth-order valence-electron chi connectivity index (χ4n) is 2.71. The average molecular weight is 341 g/mol. The third kappa shape index (κ3) is 3.23. The molecule has 8 heteroatoms. The Morgan fingerprint density at radius 3 is 2.84 bits per heavy atom. The number of aromatic nitrogens is 4. The number of hydrogen-bond acceptors (Lipinski definition) is 7. The fraction of sp³-hybridized carbons (Fsp3) is 0.294. The minimum atomic E-state index is -0.487. The van der Waals surface area contributed by atoms with Crippen LogP contribution in [0, 0.1) is 0 Å². The Hall–Kier alpha value is -3.16. The number of hydrogen-bond donors (Lipinski definition) is 1. The Labute approximate surface area is 145 Å². The van der Waals surface area contributed by atoms with Crippen molar-refractivity contribution in [3.8, 4) is 5.75 Å². The second kappa shape index (κ2) is 7.16. The zero-order valence-electron chi connectivity index (χ0n) is 14.1. The molecule has 3 rings (SSSR count). The van der Waals surface area contributed by atoms with Crippen LogP contribution in [0.3, 0.4) is 0 Å². The molecule has 0 spiro atoms. The van der Waals surface area contributed by atoms with Crippen molar-refractivity contribution >= 4 is 11.9 Å². The summed E-state index contributed by atoms with van der Waals surface area (Å²) in [6.07, 6.45) is 1.53. The van der Waals surface area contributed by atoms with E-state index < -0.39 is 12.0 Å². The lowest BCUT2D eigenvalue weighted by Gasteiger charge is -2.27. The standard InChI is InChI=1S/C17H19N5O3/c1-4-10-25-16(23)14-11(3)18-17-19-20-21-22(17)15(14)12-6-8-13(9-7-12)24-5-2/h4,6-9,15H,1,5,10H2,2-3H3,(H,18,19,21). The van der Waals surface area contributed by atoms with Crippen LogP contribution < -0.4 is 10.1 Å². The molecule has 0 saturated heterocycles. The van der Waals surface area contributed by atoms with Gasteiger partial charge in [0, 0.05) is 5.70 Å². The SMILES string of the molecule is C=CCOC(=O)C1=C(C)Nc2nnnn2C1c1ccc(OCC)cc1. The first kappa shape index (κ1) is 16.7. The van der Waals surface area contributed by atoms with E-state index in [-0.39, 0.29) is 6.61 Å². The normalized spacial score (nSPS) is 16.0. The molecule has 0 saturated carbocycles. The molecule has 1 aliphatic rings. The summed E-state index contributed by atoms with van der Waals surface area (Å²) in [6, 6.07) is 7.00. The molecule has 1 aromatic carbocycles. The Kier molecular flexibility index (Phi) is 4.78. The fourth-order valence-corrected chi connectivity index (χ4v) is 2.71. The third-order valence-corrected chi connectivity index (χ3v) is 3.77. The number of tetrazole rings is 1. The van der Waals surface area contributed by atoms with Crippen molar-refractivity contribution in [1.29, 1.82) is 0 Å². The van der Waals surface area contributed by atoms with Gasteiger partial charge in [-0.15, -0.1) is 0 Å². The van der Waals surface area contributed by atoms with E-state index in [4.69, 9.17) is 9.47 Å². The molecule has 0 fully saturated rings. The lowest BCUT2D eigenvalue weighted by atomic mass is 9.96. The van der Waals surface area contributed by atoms with Crippen molar-refractivity contribution < 1.29 is 14.3 Å². The summed E-state index contributed by atoms with van der Waals surface area (Å²) in [5, 5.41) is 14.7. The molecule has 1 aromatic heterocycles. The quantitative estimate of drug-likeness (QED) is 0.635. The highest BCUT2D eigenvalue weighted by Crippen LogP contribution is 2.35. The molecule has 0 bridgehead atoms. The second-order valence-corrected chi connectivity index (χ2v) is 5.40. The van der Waals surface area contributed by atoms with Gasteiger partial charge in [-0.1, -0.05) is 29.9 Å². The van der Waals surface area contributed by atoms with Gasteiger partial charge in [0.1, 0.15) is 18.4 Å². The van der Waals surface area contributed by atoms with Crippen LogP contribution in [0.4, 0.5) is 5.95 Å². The van der Waals surface area contributed by atoms with E-state index in [1.54, 1.807) is 11.6 Å². The molecule has 25 heavy (non-hydrogen) atoms.